The normalized spacial score (nSPS) is 14.8. The number of aliphatic hydroxyl groups excluding tert-OH is 2. The Labute approximate surface area is 77.8 Å². The summed E-state index contributed by atoms with van der Waals surface area (Å²) in [5.41, 5.74) is -0.628. The van der Waals surface area contributed by atoms with Crippen molar-refractivity contribution in [1.29, 1.82) is 0 Å². The van der Waals surface area contributed by atoms with Crippen LogP contribution in [0.5, 0.6) is 0 Å². The highest BCUT2D eigenvalue weighted by atomic mass is 32.2. The molecule has 0 aromatic heterocycles. The fraction of sp³-hybridized carbons (Fsp3) is 1.00. The van der Waals surface area contributed by atoms with Gasteiger partial charge < -0.3 is 15.3 Å². The van der Waals surface area contributed by atoms with Crippen molar-refractivity contribution in [2.24, 2.45) is 0 Å². The first-order chi connectivity index (χ1) is 5.45. The Morgan fingerprint density at radius 1 is 1.42 bits per heavy atom. The van der Waals surface area contributed by atoms with Gasteiger partial charge in [-0.3, -0.25) is 0 Å². The second-order valence-corrected chi connectivity index (χ2v) is 4.62. The van der Waals surface area contributed by atoms with Crippen molar-refractivity contribution in [1.82, 2.24) is 0 Å². The molecule has 0 amide bonds. The molecular formula is C8H18O3S. The molecule has 0 heterocycles. The molecule has 1 unspecified atom stereocenters. The zero-order valence-electron chi connectivity index (χ0n) is 7.66. The molecule has 0 aromatic carbocycles. The van der Waals surface area contributed by atoms with Crippen molar-refractivity contribution >= 4 is 11.8 Å². The van der Waals surface area contributed by atoms with E-state index in [2.05, 4.69) is 0 Å². The van der Waals surface area contributed by atoms with Gasteiger partial charge in [-0.1, -0.05) is 0 Å². The van der Waals surface area contributed by atoms with Crippen LogP contribution in [0.1, 0.15) is 20.3 Å². The van der Waals surface area contributed by atoms with Crippen LogP contribution in [-0.2, 0) is 0 Å². The summed E-state index contributed by atoms with van der Waals surface area (Å²) in [6, 6.07) is 0. The van der Waals surface area contributed by atoms with E-state index < -0.39 is 11.7 Å². The number of hydrogen-bond donors (Lipinski definition) is 3. The molecule has 0 bridgehead atoms. The summed E-state index contributed by atoms with van der Waals surface area (Å²) in [4.78, 5) is 0. The van der Waals surface area contributed by atoms with Crippen molar-refractivity contribution in [3.63, 3.8) is 0 Å². The minimum Gasteiger partial charge on any atom is -0.394 e. The van der Waals surface area contributed by atoms with E-state index in [0.717, 1.165) is 5.75 Å². The molecule has 1 atom stereocenters. The van der Waals surface area contributed by atoms with Crippen molar-refractivity contribution in [2.45, 2.75) is 32.0 Å². The highest BCUT2D eigenvalue weighted by Gasteiger charge is 2.11. The van der Waals surface area contributed by atoms with Crippen LogP contribution in [0.4, 0.5) is 0 Å². The highest BCUT2D eigenvalue weighted by Crippen LogP contribution is 2.13. The molecule has 3 nitrogen and oxygen atoms in total. The first-order valence-corrected chi connectivity index (χ1v) is 5.20. The van der Waals surface area contributed by atoms with Gasteiger partial charge in [-0.05, 0) is 26.0 Å². The molecule has 0 saturated carbocycles. The third-order valence-corrected chi connectivity index (χ3v) is 2.49. The molecule has 0 aliphatic carbocycles. The van der Waals surface area contributed by atoms with Gasteiger partial charge in [-0.15, -0.1) is 0 Å². The molecule has 3 N–H and O–H groups in total. The minimum atomic E-state index is -0.628. The molecule has 12 heavy (non-hydrogen) atoms. The average molecular weight is 194 g/mol. The van der Waals surface area contributed by atoms with Crippen LogP contribution in [0.15, 0.2) is 0 Å². The van der Waals surface area contributed by atoms with Crippen LogP contribution in [0.25, 0.3) is 0 Å². The van der Waals surface area contributed by atoms with Gasteiger partial charge in [0.2, 0.25) is 0 Å². The summed E-state index contributed by atoms with van der Waals surface area (Å²) < 4.78 is 0. The second-order valence-electron chi connectivity index (χ2n) is 3.47. The van der Waals surface area contributed by atoms with Gasteiger partial charge in [0.05, 0.1) is 18.3 Å². The Morgan fingerprint density at radius 3 is 2.42 bits per heavy atom. The summed E-state index contributed by atoms with van der Waals surface area (Å²) >= 11 is 1.54. The molecule has 74 valence electrons. The lowest BCUT2D eigenvalue weighted by Crippen LogP contribution is -2.20. The van der Waals surface area contributed by atoms with E-state index in [1.54, 1.807) is 25.6 Å². The van der Waals surface area contributed by atoms with Gasteiger partial charge in [0, 0.05) is 5.75 Å². The predicted octanol–water partition coefficient (Wildman–Crippen LogP) is 0.234. The van der Waals surface area contributed by atoms with Crippen LogP contribution in [0, 0.1) is 0 Å². The molecule has 0 aliphatic heterocycles. The molecular weight excluding hydrogens is 176 g/mol. The summed E-state index contributed by atoms with van der Waals surface area (Å²) in [5, 5.41) is 26.8. The van der Waals surface area contributed by atoms with E-state index in [-0.39, 0.29) is 6.61 Å². The lowest BCUT2D eigenvalue weighted by Gasteiger charge is -2.16. The second kappa shape index (κ2) is 5.80. The van der Waals surface area contributed by atoms with Gasteiger partial charge in [0.25, 0.3) is 0 Å². The predicted molar refractivity (Wildman–Crippen MR) is 51.3 cm³/mol. The van der Waals surface area contributed by atoms with E-state index in [9.17, 15) is 5.11 Å². The zero-order chi connectivity index (χ0) is 9.61. The van der Waals surface area contributed by atoms with Gasteiger partial charge in [-0.2, -0.15) is 11.8 Å². The standard InChI is InChI=1S/C8H18O3S/c1-8(2,11)3-4-12-6-7(10)5-9/h7,9-11H,3-6H2,1-2H3. The molecule has 0 aliphatic rings. The number of aliphatic hydroxyl groups is 3. The first-order valence-electron chi connectivity index (χ1n) is 4.05. The highest BCUT2D eigenvalue weighted by molar-refractivity contribution is 7.99. The van der Waals surface area contributed by atoms with Crippen LogP contribution in [0.2, 0.25) is 0 Å². The summed E-state index contributed by atoms with van der Waals surface area (Å²) in [6.45, 7) is 3.33. The summed E-state index contributed by atoms with van der Waals surface area (Å²) in [5.74, 6) is 1.34. The summed E-state index contributed by atoms with van der Waals surface area (Å²) in [6.07, 6.45) is 0.0762. The van der Waals surface area contributed by atoms with Crippen LogP contribution < -0.4 is 0 Å². The monoisotopic (exact) mass is 194 g/mol. The van der Waals surface area contributed by atoms with Gasteiger partial charge in [0.15, 0.2) is 0 Å². The number of thioether (sulfide) groups is 1. The Balaban J connectivity index is 3.22. The first kappa shape index (κ1) is 12.2. The topological polar surface area (TPSA) is 60.7 Å². The lowest BCUT2D eigenvalue weighted by atomic mass is 10.1. The maximum Gasteiger partial charge on any atom is 0.0861 e. The van der Waals surface area contributed by atoms with Crippen LogP contribution in [-0.4, -0.2) is 45.1 Å². The van der Waals surface area contributed by atoms with Gasteiger partial charge >= 0.3 is 0 Å². The largest absolute Gasteiger partial charge is 0.394 e. The van der Waals surface area contributed by atoms with Crippen molar-refractivity contribution in [2.75, 3.05) is 18.1 Å². The molecule has 0 saturated heterocycles. The smallest absolute Gasteiger partial charge is 0.0861 e. The zero-order valence-corrected chi connectivity index (χ0v) is 8.47. The fourth-order valence-corrected chi connectivity index (χ4v) is 1.78. The number of hydrogen-bond acceptors (Lipinski definition) is 4. The summed E-state index contributed by atoms with van der Waals surface area (Å²) in [7, 11) is 0. The minimum absolute atomic E-state index is 0.185. The third-order valence-electron chi connectivity index (χ3n) is 1.38. The Morgan fingerprint density at radius 2 is 2.00 bits per heavy atom. The van der Waals surface area contributed by atoms with Crippen LogP contribution >= 0.6 is 11.8 Å². The molecule has 0 radical (unpaired) electrons. The molecule has 0 rings (SSSR count). The van der Waals surface area contributed by atoms with E-state index in [1.807, 2.05) is 0 Å². The Kier molecular flexibility index (Phi) is 5.92. The van der Waals surface area contributed by atoms with Crippen molar-refractivity contribution in [3.8, 4) is 0 Å². The van der Waals surface area contributed by atoms with Crippen LogP contribution in [0.3, 0.4) is 0 Å². The van der Waals surface area contributed by atoms with E-state index in [1.165, 1.54) is 0 Å². The SMILES string of the molecule is CC(C)(O)CCSCC(O)CO. The quantitative estimate of drug-likeness (QED) is 0.530. The van der Waals surface area contributed by atoms with E-state index >= 15 is 0 Å². The molecule has 0 spiro atoms. The molecule has 0 aromatic rings. The third kappa shape index (κ3) is 8.33. The lowest BCUT2D eigenvalue weighted by molar-refractivity contribution is 0.0776. The van der Waals surface area contributed by atoms with E-state index in [0.29, 0.717) is 12.2 Å². The van der Waals surface area contributed by atoms with Crippen molar-refractivity contribution < 1.29 is 15.3 Å². The van der Waals surface area contributed by atoms with Gasteiger partial charge in [0.1, 0.15) is 0 Å². The Hall–Kier alpha value is 0.230. The van der Waals surface area contributed by atoms with E-state index in [4.69, 9.17) is 10.2 Å². The average Bonchev–Trinajstić information content (AvgIpc) is 1.96. The van der Waals surface area contributed by atoms with Gasteiger partial charge in [-0.25, -0.2) is 0 Å². The maximum absolute atomic E-state index is 9.31. The molecule has 0 fully saturated rings. The number of rotatable bonds is 6. The molecule has 4 heteroatoms. The Bertz CT molecular complexity index is 111. The van der Waals surface area contributed by atoms with Crippen molar-refractivity contribution in [3.05, 3.63) is 0 Å². The maximum atomic E-state index is 9.31. The fourth-order valence-electron chi connectivity index (χ4n) is 0.594.